The maximum Gasteiger partial charge on any atom is 0.155 e. The number of nitrogens with zero attached hydrogens (tertiary/aromatic N) is 3. The topological polar surface area (TPSA) is 90.4 Å². The molecule has 3 heterocycles. The van der Waals surface area contributed by atoms with E-state index in [2.05, 4.69) is 10.1 Å². The second-order valence-electron chi connectivity index (χ2n) is 5.40. The third kappa shape index (κ3) is 2.83. The van der Waals surface area contributed by atoms with Crippen molar-refractivity contribution < 1.29 is 8.42 Å². The van der Waals surface area contributed by atoms with Gasteiger partial charge in [-0.2, -0.15) is 5.10 Å². The molecule has 1 unspecified atom stereocenters. The lowest BCUT2D eigenvalue weighted by atomic mass is 10.0. The van der Waals surface area contributed by atoms with Gasteiger partial charge in [-0.05, 0) is 36.5 Å². The Labute approximate surface area is 117 Å². The minimum atomic E-state index is -2.87. The quantitative estimate of drug-likeness (QED) is 0.893. The zero-order chi connectivity index (χ0) is 14.2. The Morgan fingerprint density at radius 2 is 2.30 bits per heavy atom. The van der Waals surface area contributed by atoms with Crippen molar-refractivity contribution in [3.05, 3.63) is 29.7 Å². The third-order valence-electron chi connectivity index (χ3n) is 3.71. The van der Waals surface area contributed by atoms with E-state index in [1.54, 1.807) is 4.52 Å². The number of aromatic nitrogens is 3. The van der Waals surface area contributed by atoms with E-state index in [0.717, 1.165) is 24.1 Å². The summed E-state index contributed by atoms with van der Waals surface area (Å²) in [7, 11) is -2.87. The molecule has 20 heavy (non-hydrogen) atoms. The van der Waals surface area contributed by atoms with Crippen molar-refractivity contribution in [3.8, 4) is 0 Å². The molecule has 2 N–H and O–H groups in total. The Kier molecular flexibility index (Phi) is 3.47. The SMILES string of the molecule is NCc1ccn2nc(CC3CCCS(=O)(=O)C3)nc2c1. The van der Waals surface area contributed by atoms with E-state index >= 15 is 0 Å². The molecule has 1 fully saturated rings. The second-order valence-corrected chi connectivity index (χ2v) is 7.63. The molecule has 1 aliphatic rings. The van der Waals surface area contributed by atoms with Crippen molar-refractivity contribution in [2.75, 3.05) is 11.5 Å². The molecular weight excluding hydrogens is 276 g/mol. The van der Waals surface area contributed by atoms with Crippen molar-refractivity contribution in [1.29, 1.82) is 0 Å². The molecule has 2 aromatic rings. The summed E-state index contributed by atoms with van der Waals surface area (Å²) in [4.78, 5) is 4.46. The van der Waals surface area contributed by atoms with Crippen LogP contribution in [0, 0.1) is 5.92 Å². The van der Waals surface area contributed by atoms with Crippen molar-refractivity contribution in [3.63, 3.8) is 0 Å². The number of sulfone groups is 1. The Morgan fingerprint density at radius 1 is 1.45 bits per heavy atom. The van der Waals surface area contributed by atoms with Gasteiger partial charge in [0.1, 0.15) is 0 Å². The van der Waals surface area contributed by atoms with Crippen LogP contribution in [0.3, 0.4) is 0 Å². The maximum absolute atomic E-state index is 11.6. The standard InChI is InChI=1S/C13H18N4O2S/c14-8-10-3-4-17-13(7-10)15-12(16-17)6-11-2-1-5-20(18,19)9-11/h3-4,7,11H,1-2,5-6,8-9,14H2. The summed E-state index contributed by atoms with van der Waals surface area (Å²) in [5.41, 5.74) is 7.38. The lowest BCUT2D eigenvalue weighted by molar-refractivity contribution is 0.475. The lowest BCUT2D eigenvalue weighted by Crippen LogP contribution is -2.26. The number of hydrogen-bond acceptors (Lipinski definition) is 5. The molecule has 2 aromatic heterocycles. The van der Waals surface area contributed by atoms with Crippen LogP contribution in [-0.4, -0.2) is 34.5 Å². The van der Waals surface area contributed by atoms with Gasteiger partial charge in [-0.1, -0.05) is 0 Å². The highest BCUT2D eigenvalue weighted by atomic mass is 32.2. The number of pyridine rings is 1. The largest absolute Gasteiger partial charge is 0.326 e. The van der Waals surface area contributed by atoms with Crippen LogP contribution in [0.15, 0.2) is 18.3 Å². The van der Waals surface area contributed by atoms with Gasteiger partial charge >= 0.3 is 0 Å². The summed E-state index contributed by atoms with van der Waals surface area (Å²) >= 11 is 0. The molecule has 0 bridgehead atoms. The monoisotopic (exact) mass is 294 g/mol. The number of hydrogen-bond donors (Lipinski definition) is 1. The Hall–Kier alpha value is -1.47. The van der Waals surface area contributed by atoms with Crippen LogP contribution < -0.4 is 5.73 Å². The highest BCUT2D eigenvalue weighted by Gasteiger charge is 2.25. The Balaban J connectivity index is 1.80. The molecular formula is C13H18N4O2S. The van der Waals surface area contributed by atoms with Gasteiger partial charge in [0.2, 0.25) is 0 Å². The Bertz CT molecular complexity index is 723. The van der Waals surface area contributed by atoms with E-state index in [1.165, 1.54) is 0 Å². The molecule has 108 valence electrons. The smallest absolute Gasteiger partial charge is 0.155 e. The second kappa shape index (κ2) is 5.14. The maximum atomic E-state index is 11.6. The van der Waals surface area contributed by atoms with Gasteiger partial charge in [0.15, 0.2) is 21.3 Å². The fourth-order valence-corrected chi connectivity index (χ4v) is 4.50. The van der Waals surface area contributed by atoms with Crippen LogP contribution in [0.4, 0.5) is 0 Å². The van der Waals surface area contributed by atoms with E-state index in [1.807, 2.05) is 18.3 Å². The van der Waals surface area contributed by atoms with Gasteiger partial charge in [-0.15, -0.1) is 0 Å². The molecule has 0 radical (unpaired) electrons. The number of rotatable bonds is 3. The first-order chi connectivity index (χ1) is 9.55. The molecule has 0 aromatic carbocycles. The Morgan fingerprint density at radius 3 is 3.05 bits per heavy atom. The number of fused-ring (bicyclic) bond motifs is 1. The molecule has 0 spiro atoms. The third-order valence-corrected chi connectivity index (χ3v) is 5.60. The summed E-state index contributed by atoms with van der Waals surface area (Å²) < 4.78 is 25.0. The van der Waals surface area contributed by atoms with Crippen LogP contribution in [0.25, 0.3) is 5.65 Å². The molecule has 0 amide bonds. The molecule has 0 saturated carbocycles. The van der Waals surface area contributed by atoms with E-state index < -0.39 is 9.84 Å². The summed E-state index contributed by atoms with van der Waals surface area (Å²) in [6, 6.07) is 3.82. The summed E-state index contributed by atoms with van der Waals surface area (Å²) in [5.74, 6) is 1.43. The lowest BCUT2D eigenvalue weighted by Gasteiger charge is -2.20. The van der Waals surface area contributed by atoms with E-state index in [0.29, 0.717) is 24.5 Å². The highest BCUT2D eigenvalue weighted by Crippen LogP contribution is 2.21. The first-order valence-corrected chi connectivity index (χ1v) is 8.62. The molecule has 7 heteroatoms. The van der Waals surface area contributed by atoms with Gasteiger partial charge in [-0.25, -0.2) is 17.9 Å². The minimum Gasteiger partial charge on any atom is -0.326 e. The molecule has 1 aliphatic heterocycles. The molecule has 3 rings (SSSR count). The van der Waals surface area contributed by atoms with Gasteiger partial charge in [0.05, 0.1) is 11.5 Å². The van der Waals surface area contributed by atoms with Crippen LogP contribution >= 0.6 is 0 Å². The molecule has 1 atom stereocenters. The van der Waals surface area contributed by atoms with Crippen LogP contribution in [-0.2, 0) is 22.8 Å². The summed E-state index contributed by atoms with van der Waals surface area (Å²) in [6.45, 7) is 0.472. The van der Waals surface area contributed by atoms with Gasteiger partial charge in [0.25, 0.3) is 0 Å². The highest BCUT2D eigenvalue weighted by molar-refractivity contribution is 7.91. The van der Waals surface area contributed by atoms with E-state index in [9.17, 15) is 8.42 Å². The summed E-state index contributed by atoms with van der Waals surface area (Å²) in [5, 5.41) is 4.40. The number of nitrogens with two attached hydrogens (primary N) is 1. The van der Waals surface area contributed by atoms with E-state index in [4.69, 9.17) is 5.73 Å². The fraction of sp³-hybridized carbons (Fsp3) is 0.538. The average Bonchev–Trinajstić information content (AvgIpc) is 2.78. The van der Waals surface area contributed by atoms with Crippen LogP contribution in [0.2, 0.25) is 0 Å². The van der Waals surface area contributed by atoms with Crippen LogP contribution in [0.5, 0.6) is 0 Å². The van der Waals surface area contributed by atoms with Gasteiger partial charge in [0, 0.05) is 19.2 Å². The zero-order valence-corrected chi connectivity index (χ0v) is 12.0. The predicted octanol–water partition coefficient (Wildman–Crippen LogP) is 0.555. The van der Waals surface area contributed by atoms with Crippen molar-refractivity contribution in [2.45, 2.75) is 25.8 Å². The fourth-order valence-electron chi connectivity index (χ4n) is 2.72. The van der Waals surface area contributed by atoms with Crippen molar-refractivity contribution in [2.24, 2.45) is 11.7 Å². The first kappa shape index (κ1) is 13.5. The van der Waals surface area contributed by atoms with Crippen molar-refractivity contribution in [1.82, 2.24) is 14.6 Å². The first-order valence-electron chi connectivity index (χ1n) is 6.80. The molecule has 0 aliphatic carbocycles. The minimum absolute atomic E-state index is 0.139. The predicted molar refractivity (Wildman–Crippen MR) is 76.0 cm³/mol. The molecule has 1 saturated heterocycles. The normalized spacial score (nSPS) is 22.1. The average molecular weight is 294 g/mol. The molecule has 6 nitrogen and oxygen atoms in total. The van der Waals surface area contributed by atoms with Gasteiger partial charge < -0.3 is 5.73 Å². The van der Waals surface area contributed by atoms with E-state index in [-0.39, 0.29) is 11.7 Å². The summed E-state index contributed by atoms with van der Waals surface area (Å²) in [6.07, 6.45) is 4.14. The van der Waals surface area contributed by atoms with Gasteiger partial charge in [-0.3, -0.25) is 0 Å². The zero-order valence-electron chi connectivity index (χ0n) is 11.2. The van der Waals surface area contributed by atoms with Crippen molar-refractivity contribution >= 4 is 15.5 Å². The van der Waals surface area contributed by atoms with Crippen LogP contribution in [0.1, 0.15) is 24.2 Å².